The van der Waals surface area contributed by atoms with Crippen molar-refractivity contribution in [3.8, 4) is 0 Å². The fourth-order valence-electron chi connectivity index (χ4n) is 5.45. The van der Waals surface area contributed by atoms with Crippen LogP contribution >= 0.6 is 0 Å². The molecule has 0 aliphatic heterocycles. The third-order valence-corrected chi connectivity index (χ3v) is 7.51. The van der Waals surface area contributed by atoms with Crippen LogP contribution in [0.15, 0.2) is 48.5 Å². The van der Waals surface area contributed by atoms with Crippen molar-refractivity contribution in [3.05, 3.63) is 70.8 Å². The largest absolute Gasteiger partial charge is 0.444 e. The van der Waals surface area contributed by atoms with Crippen LogP contribution in [0.3, 0.4) is 0 Å². The second kappa shape index (κ2) is 19.1. The molecule has 2 aromatic carbocycles. The van der Waals surface area contributed by atoms with Gasteiger partial charge in [0, 0.05) is 19.5 Å². The molecular weight excluding hydrogens is 550 g/mol. The molecule has 2 rings (SSSR count). The molecule has 0 fully saturated rings. The summed E-state index contributed by atoms with van der Waals surface area (Å²) in [5.74, 6) is -0.484. The predicted molar refractivity (Wildman–Crippen MR) is 180 cm³/mol. The molecular formula is C37H57N3O4. The van der Waals surface area contributed by atoms with Gasteiger partial charge in [-0.15, -0.1) is 0 Å². The number of hydrogen-bond acceptors (Lipinski definition) is 4. The highest BCUT2D eigenvalue weighted by molar-refractivity contribution is 5.92. The fraction of sp³-hybridized carbons (Fsp3) is 0.595. The quantitative estimate of drug-likeness (QED) is 0.168. The second-order valence-corrected chi connectivity index (χ2v) is 13.0. The molecule has 7 nitrogen and oxygen atoms in total. The number of nitrogens with one attached hydrogen (secondary N) is 2. The number of benzene rings is 2. The molecule has 0 aliphatic carbocycles. The number of aryl methyl sites for hydroxylation is 2. The minimum atomic E-state index is -0.909. The highest BCUT2D eigenvalue weighted by Gasteiger charge is 2.36. The Balaban J connectivity index is 2.53. The summed E-state index contributed by atoms with van der Waals surface area (Å²) in [5.41, 5.74) is 3.04. The number of alkyl carbamates (subject to hydrolysis) is 1. The molecule has 0 aliphatic rings. The lowest BCUT2D eigenvalue weighted by Crippen LogP contribution is -2.54. The maximum atomic E-state index is 14.7. The molecule has 0 heterocycles. The molecule has 0 radical (unpaired) electrons. The molecule has 2 unspecified atom stereocenters. The first-order valence-corrected chi connectivity index (χ1v) is 16.6. The van der Waals surface area contributed by atoms with Crippen LogP contribution in [-0.4, -0.2) is 47.5 Å². The molecule has 2 N–H and O–H groups in total. The van der Waals surface area contributed by atoms with Gasteiger partial charge in [0.2, 0.25) is 11.8 Å². The summed E-state index contributed by atoms with van der Waals surface area (Å²) in [4.78, 5) is 43.4. The Morgan fingerprint density at radius 3 is 2.02 bits per heavy atom. The zero-order chi connectivity index (χ0) is 32.5. The molecule has 2 atom stereocenters. The highest BCUT2D eigenvalue weighted by atomic mass is 16.6. The van der Waals surface area contributed by atoms with Crippen LogP contribution in [0.2, 0.25) is 0 Å². The van der Waals surface area contributed by atoms with Gasteiger partial charge in [-0.1, -0.05) is 118 Å². The molecule has 0 saturated heterocycles. The topological polar surface area (TPSA) is 87.7 Å². The number of unbranched alkanes of at least 4 members (excludes halogenated alkanes) is 7. The molecule has 0 saturated carbocycles. The van der Waals surface area contributed by atoms with Gasteiger partial charge in [-0.2, -0.15) is 0 Å². The van der Waals surface area contributed by atoms with Gasteiger partial charge in [-0.3, -0.25) is 9.59 Å². The smallest absolute Gasteiger partial charge is 0.408 e. The molecule has 3 amide bonds. The normalized spacial score (nSPS) is 12.7. The number of hydrogen-bond donors (Lipinski definition) is 2. The summed E-state index contributed by atoms with van der Waals surface area (Å²) in [6.07, 6.45) is 8.89. The fourth-order valence-corrected chi connectivity index (χ4v) is 5.45. The first-order valence-electron chi connectivity index (χ1n) is 16.6. The van der Waals surface area contributed by atoms with E-state index < -0.39 is 23.8 Å². The Bertz CT molecular complexity index is 1140. The van der Waals surface area contributed by atoms with E-state index in [1.165, 1.54) is 6.42 Å². The summed E-state index contributed by atoms with van der Waals surface area (Å²) < 4.78 is 5.57. The number of ether oxygens (including phenoxy) is 1. The van der Waals surface area contributed by atoms with E-state index in [0.29, 0.717) is 13.1 Å². The first kappa shape index (κ1) is 36.8. The van der Waals surface area contributed by atoms with Crippen LogP contribution in [0.1, 0.15) is 121 Å². The van der Waals surface area contributed by atoms with Gasteiger partial charge in [0.25, 0.3) is 0 Å². The maximum Gasteiger partial charge on any atom is 0.408 e. The Kier molecular flexibility index (Phi) is 16.0. The monoisotopic (exact) mass is 607 g/mol. The summed E-state index contributed by atoms with van der Waals surface area (Å²) in [5, 5.41) is 5.99. The SMILES string of the molecule is CCCCCCCCN(C(=O)C(Cc1ccccc1)NC(=O)OC(C)(C)C)C(C(=O)NCCCCC)c1cc(C)cc(C)c1. The van der Waals surface area contributed by atoms with E-state index in [-0.39, 0.29) is 18.2 Å². The zero-order valence-corrected chi connectivity index (χ0v) is 28.3. The average molecular weight is 608 g/mol. The Morgan fingerprint density at radius 2 is 1.41 bits per heavy atom. The van der Waals surface area contributed by atoms with Crippen molar-refractivity contribution in [3.63, 3.8) is 0 Å². The van der Waals surface area contributed by atoms with Crippen LogP contribution in [-0.2, 0) is 20.7 Å². The van der Waals surface area contributed by atoms with Crippen molar-refractivity contribution >= 4 is 17.9 Å². The van der Waals surface area contributed by atoms with Crippen LogP contribution in [0.4, 0.5) is 4.79 Å². The lowest BCUT2D eigenvalue weighted by atomic mass is 9.97. The average Bonchev–Trinajstić information content (AvgIpc) is 2.94. The van der Waals surface area contributed by atoms with E-state index in [1.807, 2.05) is 56.3 Å². The highest BCUT2D eigenvalue weighted by Crippen LogP contribution is 2.26. The number of carbonyl (C=O) groups is 3. The molecule has 0 bridgehead atoms. The summed E-state index contributed by atoms with van der Waals surface area (Å²) in [6.45, 7) is 14.7. The van der Waals surface area contributed by atoms with Crippen LogP contribution in [0.25, 0.3) is 0 Å². The summed E-state index contributed by atoms with van der Waals surface area (Å²) >= 11 is 0. The lowest BCUT2D eigenvalue weighted by molar-refractivity contribution is -0.142. The Morgan fingerprint density at radius 1 is 0.818 bits per heavy atom. The van der Waals surface area contributed by atoms with E-state index in [4.69, 9.17) is 4.74 Å². The molecule has 44 heavy (non-hydrogen) atoms. The minimum Gasteiger partial charge on any atom is -0.444 e. The van der Waals surface area contributed by atoms with E-state index in [2.05, 4.69) is 30.5 Å². The molecule has 2 aromatic rings. The predicted octanol–water partition coefficient (Wildman–Crippen LogP) is 7.98. The third-order valence-electron chi connectivity index (χ3n) is 7.51. The number of nitrogens with zero attached hydrogens (tertiary/aromatic N) is 1. The van der Waals surface area contributed by atoms with Gasteiger partial charge in [0.15, 0.2) is 0 Å². The van der Waals surface area contributed by atoms with E-state index in [1.54, 1.807) is 25.7 Å². The van der Waals surface area contributed by atoms with Crippen LogP contribution in [0, 0.1) is 13.8 Å². The Labute approximate surface area is 266 Å². The van der Waals surface area contributed by atoms with Crippen molar-refractivity contribution in [1.82, 2.24) is 15.5 Å². The third kappa shape index (κ3) is 13.5. The van der Waals surface area contributed by atoms with Gasteiger partial charge in [-0.05, 0) is 58.6 Å². The number of rotatable bonds is 18. The van der Waals surface area contributed by atoms with E-state index >= 15 is 0 Å². The van der Waals surface area contributed by atoms with Gasteiger partial charge >= 0.3 is 6.09 Å². The minimum absolute atomic E-state index is 0.193. The van der Waals surface area contributed by atoms with Crippen molar-refractivity contribution in [2.45, 2.75) is 130 Å². The zero-order valence-electron chi connectivity index (χ0n) is 28.3. The van der Waals surface area contributed by atoms with Crippen LogP contribution < -0.4 is 10.6 Å². The Hall–Kier alpha value is -3.35. The summed E-state index contributed by atoms with van der Waals surface area (Å²) in [6, 6.07) is 14.0. The molecule has 0 aromatic heterocycles. The van der Waals surface area contributed by atoms with Gasteiger partial charge in [0.05, 0.1) is 0 Å². The van der Waals surface area contributed by atoms with E-state index in [0.717, 1.165) is 73.6 Å². The first-order chi connectivity index (χ1) is 20.9. The molecule has 7 heteroatoms. The standard InChI is InChI=1S/C37H57N3O4/c1-8-10-12-13-14-19-23-40(33(34(41)38-22-18-11-9-2)31-25-28(3)24-29(4)26-31)35(42)32(27-30-20-16-15-17-21-30)39-36(43)44-37(5,6)7/h15-17,20-21,24-26,32-33H,8-14,18-19,22-23,27H2,1-7H3,(H,38,41)(H,39,43). The molecule has 0 spiro atoms. The summed E-state index contributed by atoms with van der Waals surface area (Å²) in [7, 11) is 0. The second-order valence-electron chi connectivity index (χ2n) is 13.0. The number of carbonyl (C=O) groups excluding carboxylic acids is 3. The lowest BCUT2D eigenvalue weighted by Gasteiger charge is -2.35. The number of amides is 3. The van der Waals surface area contributed by atoms with Gasteiger partial charge < -0.3 is 20.3 Å². The van der Waals surface area contributed by atoms with Gasteiger partial charge in [0.1, 0.15) is 17.7 Å². The molecule has 244 valence electrons. The van der Waals surface area contributed by atoms with Crippen molar-refractivity contribution in [2.24, 2.45) is 0 Å². The van der Waals surface area contributed by atoms with Crippen molar-refractivity contribution in [1.29, 1.82) is 0 Å². The van der Waals surface area contributed by atoms with Crippen molar-refractivity contribution in [2.75, 3.05) is 13.1 Å². The van der Waals surface area contributed by atoms with Crippen LogP contribution in [0.5, 0.6) is 0 Å². The van der Waals surface area contributed by atoms with Gasteiger partial charge in [-0.25, -0.2) is 4.79 Å². The van der Waals surface area contributed by atoms with Crippen molar-refractivity contribution < 1.29 is 19.1 Å². The maximum absolute atomic E-state index is 14.7. The van der Waals surface area contributed by atoms with E-state index in [9.17, 15) is 14.4 Å².